The van der Waals surface area contributed by atoms with Gasteiger partial charge in [0.15, 0.2) is 0 Å². The highest BCUT2D eigenvalue weighted by atomic mass is 16.5. The van der Waals surface area contributed by atoms with Crippen molar-refractivity contribution in [1.29, 1.82) is 0 Å². The third-order valence-electron chi connectivity index (χ3n) is 2.99. The highest BCUT2D eigenvalue weighted by Crippen LogP contribution is 2.26. The van der Waals surface area contributed by atoms with Crippen LogP contribution in [0.3, 0.4) is 0 Å². The van der Waals surface area contributed by atoms with E-state index in [2.05, 4.69) is 51.2 Å². The number of hydrogen-bond donors (Lipinski definition) is 1. The lowest BCUT2D eigenvalue weighted by Gasteiger charge is -2.21. The van der Waals surface area contributed by atoms with Gasteiger partial charge in [0, 0.05) is 6.04 Å². The van der Waals surface area contributed by atoms with E-state index in [4.69, 9.17) is 4.74 Å². The van der Waals surface area contributed by atoms with Gasteiger partial charge in [-0.1, -0.05) is 32.9 Å². The number of methoxy groups -OCH3 is 1. The Bertz CT molecular complexity index is 347. The van der Waals surface area contributed by atoms with Crippen LogP contribution in [0, 0.1) is 12.8 Å². The van der Waals surface area contributed by atoms with Gasteiger partial charge in [-0.25, -0.2) is 0 Å². The molecule has 1 atom stereocenters. The maximum absolute atomic E-state index is 5.39. The van der Waals surface area contributed by atoms with Crippen LogP contribution in [0.25, 0.3) is 0 Å². The second-order valence-electron chi connectivity index (χ2n) is 4.97. The molecule has 1 N–H and O–H groups in total. The van der Waals surface area contributed by atoms with Crippen molar-refractivity contribution in [3.8, 4) is 5.75 Å². The quantitative estimate of drug-likeness (QED) is 0.811. The summed E-state index contributed by atoms with van der Waals surface area (Å²) in [6.45, 7) is 9.74. The zero-order valence-corrected chi connectivity index (χ0v) is 11.7. The Hall–Kier alpha value is -1.02. The average molecular weight is 235 g/mol. The molecule has 0 bridgehead atoms. The van der Waals surface area contributed by atoms with Crippen molar-refractivity contribution in [2.24, 2.45) is 5.92 Å². The summed E-state index contributed by atoms with van der Waals surface area (Å²) < 4.78 is 5.39. The lowest BCUT2D eigenvalue weighted by molar-refractivity contribution is 0.405. The highest BCUT2D eigenvalue weighted by Gasteiger charge is 2.13. The van der Waals surface area contributed by atoms with E-state index in [0.29, 0.717) is 12.0 Å². The number of ether oxygens (including phenoxy) is 1. The lowest BCUT2D eigenvalue weighted by Crippen LogP contribution is -2.22. The van der Waals surface area contributed by atoms with E-state index >= 15 is 0 Å². The van der Waals surface area contributed by atoms with Gasteiger partial charge in [0.1, 0.15) is 5.75 Å². The van der Waals surface area contributed by atoms with Crippen LogP contribution in [0.4, 0.5) is 0 Å². The molecule has 96 valence electrons. The molecule has 0 spiro atoms. The van der Waals surface area contributed by atoms with Crippen molar-refractivity contribution in [3.63, 3.8) is 0 Å². The van der Waals surface area contributed by atoms with Crippen molar-refractivity contribution in [3.05, 3.63) is 29.3 Å². The molecule has 1 unspecified atom stereocenters. The Morgan fingerprint density at radius 1 is 1.29 bits per heavy atom. The second kappa shape index (κ2) is 6.65. The molecule has 1 aromatic carbocycles. The minimum atomic E-state index is 0.425. The first-order chi connectivity index (χ1) is 8.08. The molecule has 0 aliphatic carbocycles. The van der Waals surface area contributed by atoms with Gasteiger partial charge in [-0.15, -0.1) is 0 Å². The van der Waals surface area contributed by atoms with Crippen LogP contribution in [0.1, 0.15) is 44.4 Å². The third-order valence-corrected chi connectivity index (χ3v) is 2.99. The zero-order chi connectivity index (χ0) is 12.8. The van der Waals surface area contributed by atoms with E-state index in [0.717, 1.165) is 18.7 Å². The van der Waals surface area contributed by atoms with Gasteiger partial charge in [-0.2, -0.15) is 0 Å². The summed E-state index contributed by atoms with van der Waals surface area (Å²) in [6.07, 6.45) is 1.15. The van der Waals surface area contributed by atoms with Crippen LogP contribution in [-0.4, -0.2) is 13.7 Å². The summed E-state index contributed by atoms with van der Waals surface area (Å²) in [5.41, 5.74) is 2.51. The number of nitrogens with one attached hydrogen (secondary N) is 1. The summed E-state index contributed by atoms with van der Waals surface area (Å²) in [5, 5.41) is 3.55. The van der Waals surface area contributed by atoms with E-state index in [1.165, 1.54) is 11.1 Å². The summed E-state index contributed by atoms with van der Waals surface area (Å²) >= 11 is 0. The smallest absolute Gasteiger partial charge is 0.122 e. The SMILES string of the molecule is CCNC(CC(C)C)c1ccc(C)c(OC)c1. The number of rotatable bonds is 6. The second-order valence-corrected chi connectivity index (χ2v) is 4.97. The zero-order valence-electron chi connectivity index (χ0n) is 11.7. The van der Waals surface area contributed by atoms with E-state index < -0.39 is 0 Å². The van der Waals surface area contributed by atoms with Gasteiger partial charge in [0.05, 0.1) is 7.11 Å². The third kappa shape index (κ3) is 4.04. The fourth-order valence-corrected chi connectivity index (χ4v) is 2.11. The minimum absolute atomic E-state index is 0.425. The van der Waals surface area contributed by atoms with Crippen molar-refractivity contribution in [1.82, 2.24) is 5.32 Å². The Labute approximate surface area is 105 Å². The fraction of sp³-hybridized carbons (Fsp3) is 0.600. The van der Waals surface area contributed by atoms with Crippen LogP contribution in [0.15, 0.2) is 18.2 Å². The topological polar surface area (TPSA) is 21.3 Å². The normalized spacial score (nSPS) is 12.8. The molecule has 0 aromatic heterocycles. The predicted octanol–water partition coefficient (Wildman–Crippen LogP) is 3.70. The van der Waals surface area contributed by atoms with Crippen molar-refractivity contribution in [2.45, 2.75) is 40.2 Å². The monoisotopic (exact) mass is 235 g/mol. The molecule has 2 heteroatoms. The molecule has 0 amide bonds. The molecule has 2 nitrogen and oxygen atoms in total. The van der Waals surface area contributed by atoms with Gasteiger partial charge >= 0.3 is 0 Å². The summed E-state index contributed by atoms with van der Waals surface area (Å²) in [4.78, 5) is 0. The molecule has 0 fully saturated rings. The predicted molar refractivity (Wildman–Crippen MR) is 73.6 cm³/mol. The molecule has 0 aliphatic rings. The van der Waals surface area contributed by atoms with Crippen molar-refractivity contribution >= 4 is 0 Å². The number of aryl methyl sites for hydroxylation is 1. The minimum Gasteiger partial charge on any atom is -0.496 e. The maximum atomic E-state index is 5.39. The van der Waals surface area contributed by atoms with E-state index in [1.807, 2.05) is 0 Å². The molecule has 0 aliphatic heterocycles. The Morgan fingerprint density at radius 3 is 2.53 bits per heavy atom. The van der Waals surface area contributed by atoms with Crippen LogP contribution >= 0.6 is 0 Å². The molecule has 1 aromatic rings. The molecule has 0 saturated carbocycles. The van der Waals surface area contributed by atoms with E-state index in [1.54, 1.807) is 7.11 Å². The first kappa shape index (κ1) is 14.0. The largest absolute Gasteiger partial charge is 0.496 e. The highest BCUT2D eigenvalue weighted by molar-refractivity contribution is 5.37. The van der Waals surface area contributed by atoms with Gasteiger partial charge in [0.2, 0.25) is 0 Å². The number of benzene rings is 1. The van der Waals surface area contributed by atoms with Gasteiger partial charge in [0.25, 0.3) is 0 Å². The Kier molecular flexibility index (Phi) is 5.49. The summed E-state index contributed by atoms with van der Waals surface area (Å²) in [6, 6.07) is 6.92. The van der Waals surface area contributed by atoms with E-state index in [9.17, 15) is 0 Å². The molecule has 1 rings (SSSR count). The van der Waals surface area contributed by atoms with Gasteiger partial charge in [-0.05, 0) is 43.0 Å². The standard InChI is InChI=1S/C15H25NO/c1-6-16-14(9-11(2)3)13-8-7-12(4)15(10-13)17-5/h7-8,10-11,14,16H,6,9H2,1-5H3. The van der Waals surface area contributed by atoms with Crippen molar-refractivity contribution < 1.29 is 4.74 Å². The van der Waals surface area contributed by atoms with Gasteiger partial charge in [-0.3, -0.25) is 0 Å². The van der Waals surface area contributed by atoms with Crippen molar-refractivity contribution in [2.75, 3.05) is 13.7 Å². The number of hydrogen-bond acceptors (Lipinski definition) is 2. The molecular weight excluding hydrogens is 210 g/mol. The first-order valence-electron chi connectivity index (χ1n) is 6.46. The first-order valence-corrected chi connectivity index (χ1v) is 6.46. The van der Waals surface area contributed by atoms with Crippen LogP contribution in [0.2, 0.25) is 0 Å². The molecule has 0 saturated heterocycles. The summed E-state index contributed by atoms with van der Waals surface area (Å²) in [7, 11) is 1.73. The van der Waals surface area contributed by atoms with Crippen LogP contribution < -0.4 is 10.1 Å². The maximum Gasteiger partial charge on any atom is 0.122 e. The molecular formula is C15H25NO. The summed E-state index contributed by atoms with van der Waals surface area (Å²) in [5.74, 6) is 1.67. The molecule has 0 heterocycles. The fourth-order valence-electron chi connectivity index (χ4n) is 2.11. The molecule has 17 heavy (non-hydrogen) atoms. The molecule has 0 radical (unpaired) electrons. The van der Waals surface area contributed by atoms with Gasteiger partial charge < -0.3 is 10.1 Å². The average Bonchev–Trinajstić information content (AvgIpc) is 2.28. The van der Waals surface area contributed by atoms with Crippen LogP contribution in [0.5, 0.6) is 5.75 Å². The Balaban J connectivity index is 2.92. The Morgan fingerprint density at radius 2 is 2.00 bits per heavy atom. The van der Waals surface area contributed by atoms with E-state index in [-0.39, 0.29) is 0 Å². The lowest BCUT2D eigenvalue weighted by atomic mass is 9.96. The van der Waals surface area contributed by atoms with Crippen LogP contribution in [-0.2, 0) is 0 Å².